The van der Waals surface area contributed by atoms with Crippen molar-refractivity contribution in [3.05, 3.63) is 36.5 Å². The molecule has 0 aromatic heterocycles. The fourth-order valence-corrected chi connectivity index (χ4v) is 3.39. The first kappa shape index (κ1) is 15.5. The molecule has 0 saturated carbocycles. The lowest BCUT2D eigenvalue weighted by Crippen LogP contribution is -2.49. The van der Waals surface area contributed by atoms with Crippen LogP contribution in [0.2, 0.25) is 0 Å². The third-order valence-electron chi connectivity index (χ3n) is 3.17. The van der Waals surface area contributed by atoms with Crippen molar-refractivity contribution in [3.63, 3.8) is 0 Å². The number of amides is 1. The van der Waals surface area contributed by atoms with Gasteiger partial charge >= 0.3 is 0 Å². The van der Waals surface area contributed by atoms with Crippen molar-refractivity contribution in [1.82, 2.24) is 10.0 Å². The van der Waals surface area contributed by atoms with Crippen LogP contribution in [-0.2, 0) is 14.8 Å². The second-order valence-corrected chi connectivity index (χ2v) is 6.58. The third kappa shape index (κ3) is 3.83. The normalized spacial score (nSPS) is 19.2. The molecule has 0 spiro atoms. The minimum Gasteiger partial charge on any atom is -0.385 e. The Morgan fingerprint density at radius 2 is 2.19 bits per heavy atom. The van der Waals surface area contributed by atoms with Crippen molar-refractivity contribution in [3.8, 4) is 0 Å². The van der Waals surface area contributed by atoms with Crippen molar-refractivity contribution < 1.29 is 13.2 Å². The van der Waals surface area contributed by atoms with Gasteiger partial charge in [-0.3, -0.25) is 4.79 Å². The molecule has 1 fully saturated rings. The van der Waals surface area contributed by atoms with Gasteiger partial charge in [0, 0.05) is 17.9 Å². The van der Waals surface area contributed by atoms with Crippen LogP contribution >= 0.6 is 0 Å². The first-order valence-electron chi connectivity index (χ1n) is 6.77. The SMILES string of the molecule is C=C1CCC(NS(=O)(=O)c2cccc(NCC)c2)C(=O)N1. The molecule has 1 aliphatic heterocycles. The summed E-state index contributed by atoms with van der Waals surface area (Å²) in [4.78, 5) is 11.9. The number of nitrogens with one attached hydrogen (secondary N) is 3. The molecule has 1 aromatic rings. The van der Waals surface area contributed by atoms with E-state index in [-0.39, 0.29) is 10.8 Å². The number of anilines is 1. The number of rotatable bonds is 5. The van der Waals surface area contributed by atoms with Gasteiger partial charge in [0.25, 0.3) is 0 Å². The van der Waals surface area contributed by atoms with E-state index in [1.165, 1.54) is 6.07 Å². The lowest BCUT2D eigenvalue weighted by Gasteiger charge is -2.24. The Morgan fingerprint density at radius 3 is 2.86 bits per heavy atom. The number of allylic oxidation sites excluding steroid dienone is 1. The Morgan fingerprint density at radius 1 is 1.43 bits per heavy atom. The molecule has 0 bridgehead atoms. The minimum atomic E-state index is -3.73. The summed E-state index contributed by atoms with van der Waals surface area (Å²) in [6.07, 6.45) is 0.979. The lowest BCUT2D eigenvalue weighted by atomic mass is 10.1. The van der Waals surface area contributed by atoms with Crippen LogP contribution in [0, 0.1) is 0 Å². The number of carbonyl (C=O) groups excluding carboxylic acids is 1. The van der Waals surface area contributed by atoms with Crippen LogP contribution in [0.3, 0.4) is 0 Å². The second-order valence-electron chi connectivity index (χ2n) is 4.86. The molecule has 1 unspecified atom stereocenters. The maximum Gasteiger partial charge on any atom is 0.242 e. The van der Waals surface area contributed by atoms with Gasteiger partial charge in [-0.15, -0.1) is 0 Å². The van der Waals surface area contributed by atoms with E-state index in [0.29, 0.717) is 25.1 Å². The van der Waals surface area contributed by atoms with Crippen LogP contribution in [0.4, 0.5) is 5.69 Å². The molecule has 0 aliphatic carbocycles. The molecule has 3 N–H and O–H groups in total. The topological polar surface area (TPSA) is 87.3 Å². The summed E-state index contributed by atoms with van der Waals surface area (Å²) in [5.74, 6) is -0.363. The van der Waals surface area contributed by atoms with Gasteiger partial charge in [-0.05, 0) is 38.0 Å². The zero-order valence-electron chi connectivity index (χ0n) is 11.8. The Bertz CT molecular complexity index is 655. The van der Waals surface area contributed by atoms with E-state index in [1.54, 1.807) is 18.2 Å². The molecule has 0 radical (unpaired) electrons. The molecule has 21 heavy (non-hydrogen) atoms. The summed E-state index contributed by atoms with van der Waals surface area (Å²) >= 11 is 0. The minimum absolute atomic E-state index is 0.137. The molecular formula is C14H19N3O3S. The summed E-state index contributed by atoms with van der Waals surface area (Å²) in [7, 11) is -3.73. The predicted molar refractivity (Wildman–Crippen MR) is 81.2 cm³/mol. The average molecular weight is 309 g/mol. The molecule has 1 saturated heterocycles. The van der Waals surface area contributed by atoms with Crippen molar-refractivity contribution in [2.75, 3.05) is 11.9 Å². The summed E-state index contributed by atoms with van der Waals surface area (Å²) in [6.45, 7) is 6.30. The van der Waals surface area contributed by atoms with Gasteiger partial charge in [0.15, 0.2) is 0 Å². The Kier molecular flexibility index (Phi) is 4.64. The molecule has 114 valence electrons. The summed E-state index contributed by atoms with van der Waals surface area (Å²) in [5.41, 5.74) is 1.34. The highest BCUT2D eigenvalue weighted by molar-refractivity contribution is 7.89. The first-order chi connectivity index (χ1) is 9.92. The van der Waals surface area contributed by atoms with E-state index in [9.17, 15) is 13.2 Å². The van der Waals surface area contributed by atoms with Crippen molar-refractivity contribution in [2.45, 2.75) is 30.7 Å². The highest BCUT2D eigenvalue weighted by atomic mass is 32.2. The van der Waals surface area contributed by atoms with Gasteiger partial charge in [0.2, 0.25) is 15.9 Å². The fraction of sp³-hybridized carbons (Fsp3) is 0.357. The molecular weight excluding hydrogens is 290 g/mol. The highest BCUT2D eigenvalue weighted by Crippen LogP contribution is 2.18. The smallest absolute Gasteiger partial charge is 0.242 e. The van der Waals surface area contributed by atoms with E-state index in [1.807, 2.05) is 6.92 Å². The quantitative estimate of drug-likeness (QED) is 0.762. The van der Waals surface area contributed by atoms with Crippen LogP contribution in [0.1, 0.15) is 19.8 Å². The van der Waals surface area contributed by atoms with E-state index >= 15 is 0 Å². The molecule has 7 heteroatoms. The maximum atomic E-state index is 12.3. The van der Waals surface area contributed by atoms with Crippen LogP contribution < -0.4 is 15.4 Å². The summed E-state index contributed by atoms with van der Waals surface area (Å²) in [5, 5.41) is 5.62. The van der Waals surface area contributed by atoms with Crippen LogP contribution in [0.15, 0.2) is 41.4 Å². The number of carbonyl (C=O) groups is 1. The van der Waals surface area contributed by atoms with Gasteiger partial charge in [0.1, 0.15) is 6.04 Å². The van der Waals surface area contributed by atoms with Crippen molar-refractivity contribution in [2.24, 2.45) is 0 Å². The zero-order chi connectivity index (χ0) is 15.5. The van der Waals surface area contributed by atoms with Crippen LogP contribution in [0.5, 0.6) is 0 Å². The maximum absolute atomic E-state index is 12.3. The fourth-order valence-electron chi connectivity index (χ4n) is 2.12. The van der Waals surface area contributed by atoms with Crippen LogP contribution in [0.25, 0.3) is 0 Å². The molecule has 1 atom stereocenters. The third-order valence-corrected chi connectivity index (χ3v) is 4.64. The van der Waals surface area contributed by atoms with Crippen molar-refractivity contribution in [1.29, 1.82) is 0 Å². The summed E-state index contributed by atoms with van der Waals surface area (Å²) < 4.78 is 27.1. The Balaban J connectivity index is 2.16. The Labute approximate surface area is 124 Å². The van der Waals surface area contributed by atoms with Gasteiger partial charge < -0.3 is 10.6 Å². The van der Waals surface area contributed by atoms with Gasteiger partial charge in [-0.2, -0.15) is 4.72 Å². The van der Waals surface area contributed by atoms with E-state index in [0.717, 1.165) is 5.69 Å². The van der Waals surface area contributed by atoms with Crippen LogP contribution in [-0.4, -0.2) is 26.9 Å². The highest BCUT2D eigenvalue weighted by Gasteiger charge is 2.28. The number of benzene rings is 1. The molecule has 6 nitrogen and oxygen atoms in total. The average Bonchev–Trinajstić information content (AvgIpc) is 2.43. The Hall–Kier alpha value is -1.86. The predicted octanol–water partition coefficient (Wildman–Crippen LogP) is 1.19. The van der Waals surface area contributed by atoms with Gasteiger partial charge in [-0.1, -0.05) is 12.6 Å². The molecule has 1 amide bonds. The van der Waals surface area contributed by atoms with E-state index < -0.39 is 16.1 Å². The molecule has 1 aliphatic rings. The lowest BCUT2D eigenvalue weighted by molar-refractivity contribution is -0.123. The summed E-state index contributed by atoms with van der Waals surface area (Å²) in [6, 6.07) is 5.74. The number of hydrogen-bond donors (Lipinski definition) is 3. The van der Waals surface area contributed by atoms with E-state index in [4.69, 9.17) is 0 Å². The molecule has 1 heterocycles. The second kappa shape index (κ2) is 6.28. The van der Waals surface area contributed by atoms with Crippen molar-refractivity contribution >= 4 is 21.6 Å². The number of sulfonamides is 1. The monoisotopic (exact) mass is 309 g/mol. The largest absolute Gasteiger partial charge is 0.385 e. The number of piperidine rings is 1. The standard InChI is InChI=1S/C14H19N3O3S/c1-3-15-11-5-4-6-12(9-11)21(19,20)17-13-8-7-10(2)16-14(13)18/h4-6,9,13,15,17H,2-3,7-8H2,1H3,(H,16,18). The van der Waals surface area contributed by atoms with Gasteiger partial charge in [0.05, 0.1) is 4.90 Å². The van der Waals surface area contributed by atoms with E-state index in [2.05, 4.69) is 21.9 Å². The van der Waals surface area contributed by atoms with Gasteiger partial charge in [-0.25, -0.2) is 8.42 Å². The zero-order valence-corrected chi connectivity index (χ0v) is 12.7. The molecule has 2 rings (SSSR count). The molecule has 1 aromatic carbocycles. The number of hydrogen-bond acceptors (Lipinski definition) is 4. The first-order valence-corrected chi connectivity index (χ1v) is 8.25.